The second-order valence-electron chi connectivity index (χ2n) is 0.430. The van der Waals surface area contributed by atoms with Gasteiger partial charge in [0.2, 0.25) is 0 Å². The van der Waals surface area contributed by atoms with Crippen LogP contribution in [0.25, 0.3) is 0 Å². The van der Waals surface area contributed by atoms with Crippen molar-refractivity contribution in [1.82, 2.24) is 0 Å². The minimum atomic E-state index is -0.0243. The lowest BCUT2D eigenvalue weighted by Gasteiger charge is -1.77. The van der Waals surface area contributed by atoms with E-state index < -0.39 is 0 Å². The Morgan fingerprint density at radius 2 is 2.60 bits per heavy atom. The van der Waals surface area contributed by atoms with Crippen LogP contribution in [0.2, 0.25) is 0 Å². The average molecular weight is 72.9 g/mol. The van der Waals surface area contributed by atoms with Gasteiger partial charge in [-0.15, -0.1) is 0 Å². The highest BCUT2D eigenvalue weighted by atomic mass is 16.5. The molecule has 0 atom stereocenters. The summed E-state index contributed by atoms with van der Waals surface area (Å²) in [6, 6.07) is 0. The Labute approximate surface area is 30.4 Å². The molecule has 0 aliphatic carbocycles. The van der Waals surface area contributed by atoms with E-state index in [4.69, 9.17) is 4.79 Å². The SMILES string of the molecule is NBOC=O. The Morgan fingerprint density at radius 3 is 2.60 bits per heavy atom. The van der Waals surface area contributed by atoms with Crippen molar-refractivity contribution in [1.29, 1.82) is 0 Å². The number of hydrogen-bond donors (Lipinski definition) is 1. The second-order valence-corrected chi connectivity index (χ2v) is 0.430. The van der Waals surface area contributed by atoms with Crippen LogP contribution in [0, 0.1) is 0 Å². The van der Waals surface area contributed by atoms with Crippen molar-refractivity contribution in [2.45, 2.75) is 0 Å². The molecular weight excluding hydrogens is 68.8 g/mol. The van der Waals surface area contributed by atoms with Crippen LogP contribution in [0.3, 0.4) is 0 Å². The highest BCUT2D eigenvalue weighted by Crippen LogP contribution is 1.40. The zero-order chi connectivity index (χ0) is 4.12. The van der Waals surface area contributed by atoms with Crippen molar-refractivity contribution in [2.75, 3.05) is 0 Å². The summed E-state index contributed by atoms with van der Waals surface area (Å²) in [5.74, 6) is 0. The van der Waals surface area contributed by atoms with Gasteiger partial charge in [-0.3, -0.25) is 4.79 Å². The molecule has 5 heavy (non-hydrogen) atoms. The number of hydrogen-bond acceptors (Lipinski definition) is 3. The molecule has 28 valence electrons. The highest BCUT2D eigenvalue weighted by Gasteiger charge is 1.68. The molecule has 0 spiro atoms. The predicted molar refractivity (Wildman–Crippen MR) is 18.5 cm³/mol. The smallest absolute Gasteiger partial charge is 0.427 e. The van der Waals surface area contributed by atoms with Crippen molar-refractivity contribution >= 4 is 14.1 Å². The molecule has 0 unspecified atom stereocenters. The molecule has 0 radical (unpaired) electrons. The molecule has 2 N–H and O–H groups in total. The summed E-state index contributed by atoms with van der Waals surface area (Å²) in [6.45, 7) is 0.306. The van der Waals surface area contributed by atoms with Crippen LogP contribution in [0.4, 0.5) is 0 Å². The van der Waals surface area contributed by atoms with Gasteiger partial charge in [-0.1, -0.05) is 0 Å². The zero-order valence-electron chi connectivity index (χ0n) is 2.68. The van der Waals surface area contributed by atoms with Crippen molar-refractivity contribution in [3.63, 3.8) is 0 Å². The number of carbonyl (C=O) groups is 1. The van der Waals surface area contributed by atoms with E-state index in [1.807, 2.05) is 0 Å². The predicted octanol–water partition coefficient (Wildman–Crippen LogP) is -1.62. The molecule has 0 saturated heterocycles. The Bertz CT molecular complexity index is 30.8. The molecule has 0 aromatic carbocycles. The van der Waals surface area contributed by atoms with Gasteiger partial charge in [0, 0.05) is 0 Å². The molecule has 0 amide bonds. The summed E-state index contributed by atoms with van der Waals surface area (Å²) in [5.41, 5.74) is 4.69. The molecule has 0 rings (SSSR count). The van der Waals surface area contributed by atoms with Crippen LogP contribution in [0.15, 0.2) is 0 Å². The van der Waals surface area contributed by atoms with E-state index in [1.165, 1.54) is 0 Å². The first-order chi connectivity index (χ1) is 2.41. The lowest BCUT2D eigenvalue weighted by Crippen LogP contribution is -2.07. The van der Waals surface area contributed by atoms with Gasteiger partial charge >= 0.3 is 7.62 Å². The summed E-state index contributed by atoms with van der Waals surface area (Å²) < 4.78 is 3.93. The molecule has 0 aromatic heterocycles. The van der Waals surface area contributed by atoms with E-state index in [2.05, 4.69) is 10.3 Å². The third-order valence-electron chi connectivity index (χ3n) is 0.164. The molecule has 0 bridgehead atoms. The number of rotatable bonds is 2. The van der Waals surface area contributed by atoms with Gasteiger partial charge < -0.3 is 10.3 Å². The van der Waals surface area contributed by atoms with Gasteiger partial charge in [0.05, 0.1) is 0 Å². The monoisotopic (exact) mass is 73.0 g/mol. The maximum atomic E-state index is 9.10. The third-order valence-corrected chi connectivity index (χ3v) is 0.164. The summed E-state index contributed by atoms with van der Waals surface area (Å²) in [6.07, 6.45) is 0. The maximum absolute atomic E-state index is 9.10. The van der Waals surface area contributed by atoms with E-state index in [9.17, 15) is 0 Å². The van der Waals surface area contributed by atoms with E-state index in [1.54, 1.807) is 0 Å². The molecular formula is CH4BNO2. The Morgan fingerprint density at radius 1 is 2.00 bits per heavy atom. The second kappa shape index (κ2) is 3.49. The van der Waals surface area contributed by atoms with Gasteiger partial charge in [-0.05, 0) is 0 Å². The molecule has 0 fully saturated rings. The third kappa shape index (κ3) is 3.49. The van der Waals surface area contributed by atoms with Gasteiger partial charge in [-0.2, -0.15) is 0 Å². The fraction of sp³-hybridized carbons (Fsp3) is 0. The Balaban J connectivity index is 2.40. The van der Waals surface area contributed by atoms with Crippen molar-refractivity contribution in [2.24, 2.45) is 5.64 Å². The summed E-state index contributed by atoms with van der Waals surface area (Å²) in [5, 5.41) is 0. The normalized spacial score (nSPS) is 5.80. The highest BCUT2D eigenvalue weighted by molar-refractivity contribution is 6.24. The summed E-state index contributed by atoms with van der Waals surface area (Å²) in [7, 11) is -0.0243. The summed E-state index contributed by atoms with van der Waals surface area (Å²) >= 11 is 0. The quantitative estimate of drug-likeness (QED) is 0.316. The van der Waals surface area contributed by atoms with Crippen LogP contribution >= 0.6 is 0 Å². The largest absolute Gasteiger partial charge is 0.526 e. The zero-order valence-corrected chi connectivity index (χ0v) is 2.68. The van der Waals surface area contributed by atoms with Crippen LogP contribution in [-0.2, 0) is 9.45 Å². The fourth-order valence-corrected chi connectivity index (χ4v) is 0.0393. The minimum Gasteiger partial charge on any atom is -0.526 e. The van der Waals surface area contributed by atoms with Gasteiger partial charge in [0.25, 0.3) is 6.47 Å². The standard InChI is InChI=1S/CH4BNO2/c3-2-5-1-4/h1-2H,3H2. The molecule has 3 nitrogen and oxygen atoms in total. The van der Waals surface area contributed by atoms with E-state index in [0.29, 0.717) is 6.47 Å². The number of nitrogens with two attached hydrogens (primary N) is 1. The van der Waals surface area contributed by atoms with E-state index in [0.717, 1.165) is 0 Å². The lowest BCUT2D eigenvalue weighted by molar-refractivity contribution is -0.120. The average Bonchev–Trinajstić information content (AvgIpc) is 1.41. The first-order valence-corrected chi connectivity index (χ1v) is 1.17. The minimum absolute atomic E-state index is 0.0243. The van der Waals surface area contributed by atoms with Crippen molar-refractivity contribution in [3.05, 3.63) is 0 Å². The van der Waals surface area contributed by atoms with Crippen molar-refractivity contribution < 1.29 is 9.45 Å². The Hall–Kier alpha value is -0.505. The molecule has 0 aromatic rings. The van der Waals surface area contributed by atoms with Crippen LogP contribution in [-0.4, -0.2) is 14.1 Å². The molecule has 0 saturated carbocycles. The lowest BCUT2D eigenvalue weighted by atomic mass is 10.3. The number of carbonyl (C=O) groups excluding carboxylic acids is 1. The Kier molecular flexibility index (Phi) is 3.14. The molecule has 0 heterocycles. The molecule has 4 heteroatoms. The van der Waals surface area contributed by atoms with Crippen LogP contribution in [0.1, 0.15) is 0 Å². The van der Waals surface area contributed by atoms with Crippen LogP contribution in [0.5, 0.6) is 0 Å². The van der Waals surface area contributed by atoms with Gasteiger partial charge in [0.15, 0.2) is 0 Å². The van der Waals surface area contributed by atoms with Crippen LogP contribution < -0.4 is 5.64 Å². The molecule has 0 aliphatic rings. The van der Waals surface area contributed by atoms with E-state index >= 15 is 0 Å². The van der Waals surface area contributed by atoms with Crippen molar-refractivity contribution in [3.8, 4) is 0 Å². The first-order valence-electron chi connectivity index (χ1n) is 1.17. The molecule has 0 aliphatic heterocycles. The first kappa shape index (κ1) is 4.49. The van der Waals surface area contributed by atoms with Gasteiger partial charge in [-0.25, -0.2) is 0 Å². The topological polar surface area (TPSA) is 52.3 Å². The summed E-state index contributed by atoms with van der Waals surface area (Å²) in [4.78, 5) is 9.10. The van der Waals surface area contributed by atoms with Gasteiger partial charge in [0.1, 0.15) is 0 Å². The maximum Gasteiger partial charge on any atom is 0.427 e. The fourth-order valence-electron chi connectivity index (χ4n) is 0.0393. The van der Waals surface area contributed by atoms with E-state index in [-0.39, 0.29) is 7.62 Å².